The van der Waals surface area contributed by atoms with Crippen molar-refractivity contribution >= 4 is 6.09 Å². The molecule has 1 N–H and O–H groups in total. The molecule has 0 aliphatic carbocycles. The monoisotopic (exact) mass is 280 g/mol. The van der Waals surface area contributed by atoms with E-state index in [4.69, 9.17) is 4.74 Å². The Labute approximate surface area is 120 Å². The Balaban J connectivity index is 2.03. The summed E-state index contributed by atoms with van der Waals surface area (Å²) in [7, 11) is 1.92. The molecule has 2 rings (SSSR count). The van der Waals surface area contributed by atoms with Crippen LogP contribution >= 0.6 is 0 Å². The highest BCUT2D eigenvalue weighted by Gasteiger charge is 2.25. The van der Waals surface area contributed by atoms with Crippen LogP contribution in [0, 0.1) is 0 Å². The zero-order valence-corrected chi connectivity index (χ0v) is 12.8. The van der Waals surface area contributed by atoms with Gasteiger partial charge in [0.25, 0.3) is 0 Å². The van der Waals surface area contributed by atoms with E-state index in [1.54, 1.807) is 4.90 Å². The topological polar surface area (TPSA) is 59.4 Å². The Morgan fingerprint density at radius 2 is 2.15 bits per heavy atom. The van der Waals surface area contributed by atoms with Gasteiger partial charge in [-0.15, -0.1) is 0 Å². The number of nitrogens with zero attached hydrogens (tertiary/aromatic N) is 3. The molecule has 0 radical (unpaired) electrons. The van der Waals surface area contributed by atoms with Crippen LogP contribution in [0.5, 0.6) is 0 Å². The second-order valence-corrected chi connectivity index (χ2v) is 6.07. The smallest absolute Gasteiger partial charge is 0.410 e. The SMILES string of the molecule is CNCc1cnc2n1CCN(C(=O)OC(C)(C)C)CC2. The summed E-state index contributed by atoms with van der Waals surface area (Å²) in [6.45, 7) is 8.54. The first kappa shape index (κ1) is 14.8. The number of rotatable bonds is 2. The molecule has 1 aliphatic heterocycles. The number of ether oxygens (including phenoxy) is 1. The molecule has 0 saturated carbocycles. The third-order valence-corrected chi connectivity index (χ3v) is 3.23. The van der Waals surface area contributed by atoms with Gasteiger partial charge in [0.2, 0.25) is 0 Å². The number of hydrogen-bond donors (Lipinski definition) is 1. The predicted octanol–water partition coefficient (Wildman–Crippen LogP) is 1.40. The number of fused-ring (bicyclic) bond motifs is 1. The zero-order chi connectivity index (χ0) is 14.8. The minimum atomic E-state index is -0.450. The summed E-state index contributed by atoms with van der Waals surface area (Å²) < 4.78 is 7.63. The molecule has 20 heavy (non-hydrogen) atoms. The van der Waals surface area contributed by atoms with Gasteiger partial charge in [0.15, 0.2) is 0 Å². The molecule has 1 aliphatic rings. The molecule has 6 nitrogen and oxygen atoms in total. The van der Waals surface area contributed by atoms with Crippen molar-refractivity contribution in [2.75, 3.05) is 20.1 Å². The van der Waals surface area contributed by atoms with E-state index in [2.05, 4.69) is 14.9 Å². The maximum Gasteiger partial charge on any atom is 0.410 e. The van der Waals surface area contributed by atoms with E-state index in [-0.39, 0.29) is 6.09 Å². The fraction of sp³-hybridized carbons (Fsp3) is 0.714. The van der Waals surface area contributed by atoms with Gasteiger partial charge in [-0.3, -0.25) is 0 Å². The Kier molecular flexibility index (Phi) is 4.32. The van der Waals surface area contributed by atoms with Crippen molar-refractivity contribution in [3.8, 4) is 0 Å². The molecule has 1 aromatic rings. The van der Waals surface area contributed by atoms with Crippen LogP contribution in [-0.2, 0) is 24.2 Å². The van der Waals surface area contributed by atoms with Gasteiger partial charge >= 0.3 is 6.09 Å². The molecule has 2 heterocycles. The van der Waals surface area contributed by atoms with E-state index in [1.165, 1.54) is 0 Å². The number of aromatic nitrogens is 2. The zero-order valence-electron chi connectivity index (χ0n) is 12.8. The molecular formula is C14H24N4O2. The molecule has 1 amide bonds. The van der Waals surface area contributed by atoms with Crippen LogP contribution in [0.25, 0.3) is 0 Å². The average Bonchev–Trinajstić information content (AvgIpc) is 2.59. The van der Waals surface area contributed by atoms with Gasteiger partial charge in [0.1, 0.15) is 11.4 Å². The summed E-state index contributed by atoms with van der Waals surface area (Å²) in [6, 6.07) is 0. The van der Waals surface area contributed by atoms with Gasteiger partial charge < -0.3 is 19.5 Å². The minimum Gasteiger partial charge on any atom is -0.444 e. The van der Waals surface area contributed by atoms with Crippen molar-refractivity contribution in [2.45, 2.75) is 45.9 Å². The minimum absolute atomic E-state index is 0.238. The number of carbonyl (C=O) groups is 1. The Hall–Kier alpha value is -1.56. The molecule has 0 unspecified atom stereocenters. The van der Waals surface area contributed by atoms with Crippen molar-refractivity contribution in [2.24, 2.45) is 0 Å². The second kappa shape index (κ2) is 5.83. The summed E-state index contributed by atoms with van der Waals surface area (Å²) in [5.74, 6) is 1.04. The van der Waals surface area contributed by atoms with E-state index >= 15 is 0 Å². The van der Waals surface area contributed by atoms with Crippen LogP contribution in [-0.4, -0.2) is 46.3 Å². The lowest BCUT2D eigenvalue weighted by Crippen LogP contribution is -2.38. The first-order valence-corrected chi connectivity index (χ1v) is 7.06. The average molecular weight is 280 g/mol. The highest BCUT2D eigenvalue weighted by atomic mass is 16.6. The molecular weight excluding hydrogens is 256 g/mol. The van der Waals surface area contributed by atoms with Crippen LogP contribution in [0.15, 0.2) is 6.20 Å². The fourth-order valence-corrected chi connectivity index (χ4v) is 2.33. The van der Waals surface area contributed by atoms with Gasteiger partial charge in [0, 0.05) is 38.8 Å². The predicted molar refractivity (Wildman–Crippen MR) is 76.5 cm³/mol. The lowest BCUT2D eigenvalue weighted by molar-refractivity contribution is 0.0254. The Morgan fingerprint density at radius 3 is 2.80 bits per heavy atom. The fourth-order valence-electron chi connectivity index (χ4n) is 2.33. The second-order valence-electron chi connectivity index (χ2n) is 6.07. The molecule has 1 aromatic heterocycles. The Bertz CT molecular complexity index is 476. The molecule has 112 valence electrons. The number of carbonyl (C=O) groups excluding carboxylic acids is 1. The maximum absolute atomic E-state index is 12.1. The highest BCUT2D eigenvalue weighted by Crippen LogP contribution is 2.15. The summed E-state index contributed by atoms with van der Waals surface area (Å²) >= 11 is 0. The molecule has 0 atom stereocenters. The molecule has 6 heteroatoms. The number of amides is 1. The van der Waals surface area contributed by atoms with Gasteiger partial charge in [0.05, 0.1) is 5.69 Å². The summed E-state index contributed by atoms with van der Waals surface area (Å²) in [5, 5.41) is 3.14. The lowest BCUT2D eigenvalue weighted by atomic mass is 10.2. The summed E-state index contributed by atoms with van der Waals surface area (Å²) in [4.78, 5) is 18.3. The quantitative estimate of drug-likeness (QED) is 0.889. The third kappa shape index (κ3) is 3.50. The van der Waals surface area contributed by atoms with Crippen LogP contribution in [0.3, 0.4) is 0 Å². The van der Waals surface area contributed by atoms with Crippen LogP contribution in [0.2, 0.25) is 0 Å². The molecule has 0 fully saturated rings. The maximum atomic E-state index is 12.1. The van der Waals surface area contributed by atoms with Crippen molar-refractivity contribution in [3.63, 3.8) is 0 Å². The van der Waals surface area contributed by atoms with Crippen molar-refractivity contribution in [3.05, 3.63) is 17.7 Å². The van der Waals surface area contributed by atoms with Crippen molar-refractivity contribution in [1.82, 2.24) is 19.8 Å². The number of imidazole rings is 1. The summed E-state index contributed by atoms with van der Waals surface area (Å²) in [6.07, 6.45) is 2.44. The highest BCUT2D eigenvalue weighted by molar-refractivity contribution is 5.68. The van der Waals surface area contributed by atoms with Crippen LogP contribution < -0.4 is 5.32 Å². The van der Waals surface area contributed by atoms with Crippen LogP contribution in [0.4, 0.5) is 4.79 Å². The molecule has 0 aromatic carbocycles. The standard InChI is InChI=1S/C14H24N4O2/c1-14(2,3)20-13(19)17-6-5-12-16-10-11(9-15-4)18(12)8-7-17/h10,15H,5-9H2,1-4H3. The lowest BCUT2D eigenvalue weighted by Gasteiger charge is -2.26. The van der Waals surface area contributed by atoms with Crippen molar-refractivity contribution < 1.29 is 9.53 Å². The first-order chi connectivity index (χ1) is 9.40. The summed E-state index contributed by atoms with van der Waals surface area (Å²) in [5.41, 5.74) is 0.711. The molecule has 0 bridgehead atoms. The molecule has 0 saturated heterocycles. The van der Waals surface area contributed by atoms with E-state index in [9.17, 15) is 4.79 Å². The first-order valence-electron chi connectivity index (χ1n) is 7.06. The van der Waals surface area contributed by atoms with Crippen molar-refractivity contribution in [1.29, 1.82) is 0 Å². The van der Waals surface area contributed by atoms with Gasteiger partial charge in [-0.2, -0.15) is 0 Å². The normalized spacial score (nSPS) is 15.7. The van der Waals surface area contributed by atoms with E-state index in [0.29, 0.717) is 13.1 Å². The van der Waals surface area contributed by atoms with Gasteiger partial charge in [-0.25, -0.2) is 9.78 Å². The van der Waals surface area contributed by atoms with E-state index in [0.717, 1.165) is 31.0 Å². The van der Waals surface area contributed by atoms with Gasteiger partial charge in [-0.05, 0) is 27.8 Å². The van der Waals surface area contributed by atoms with E-state index in [1.807, 2.05) is 34.0 Å². The number of nitrogens with one attached hydrogen (secondary N) is 1. The number of hydrogen-bond acceptors (Lipinski definition) is 4. The third-order valence-electron chi connectivity index (χ3n) is 3.23. The van der Waals surface area contributed by atoms with Crippen LogP contribution in [0.1, 0.15) is 32.3 Å². The van der Waals surface area contributed by atoms with Gasteiger partial charge in [-0.1, -0.05) is 0 Å². The Morgan fingerprint density at radius 1 is 1.40 bits per heavy atom. The van der Waals surface area contributed by atoms with E-state index < -0.39 is 5.60 Å². The largest absolute Gasteiger partial charge is 0.444 e. The molecule has 0 spiro atoms.